The van der Waals surface area contributed by atoms with Crippen molar-refractivity contribution in [2.75, 3.05) is 33.3 Å². The standard InChI is InChI=1S/C23H24N2O6/c1-28-23(27)17-4-6-18(7-5-17)30-16-20-8-9-21(31-20)22(26)25-12-10-24(11-13-25)15-19-3-2-14-29-19/h2-9,14H,10-13,15-16H2,1H3. The van der Waals surface area contributed by atoms with Crippen molar-refractivity contribution in [2.45, 2.75) is 13.2 Å². The predicted octanol–water partition coefficient (Wildman–Crippen LogP) is 3.20. The van der Waals surface area contributed by atoms with Crippen LogP contribution in [0.2, 0.25) is 0 Å². The van der Waals surface area contributed by atoms with E-state index in [0.29, 0.717) is 35.9 Å². The first kappa shape index (κ1) is 20.7. The zero-order valence-corrected chi connectivity index (χ0v) is 17.3. The molecule has 0 N–H and O–H groups in total. The van der Waals surface area contributed by atoms with Gasteiger partial charge in [-0.05, 0) is 48.5 Å². The number of hydrogen-bond donors (Lipinski definition) is 0. The number of piperazine rings is 1. The van der Waals surface area contributed by atoms with E-state index in [0.717, 1.165) is 25.4 Å². The Morgan fingerprint density at radius 3 is 2.42 bits per heavy atom. The number of amides is 1. The van der Waals surface area contributed by atoms with Crippen molar-refractivity contribution in [2.24, 2.45) is 0 Å². The zero-order valence-electron chi connectivity index (χ0n) is 17.3. The lowest BCUT2D eigenvalue weighted by atomic mass is 10.2. The van der Waals surface area contributed by atoms with Crippen LogP contribution in [0.3, 0.4) is 0 Å². The van der Waals surface area contributed by atoms with Crippen LogP contribution in [-0.2, 0) is 17.9 Å². The van der Waals surface area contributed by atoms with E-state index in [1.54, 1.807) is 47.6 Å². The molecule has 1 aromatic carbocycles. The average Bonchev–Trinajstić information content (AvgIpc) is 3.50. The molecule has 0 spiro atoms. The lowest BCUT2D eigenvalue weighted by Gasteiger charge is -2.33. The summed E-state index contributed by atoms with van der Waals surface area (Å²) in [7, 11) is 1.34. The topological polar surface area (TPSA) is 85.4 Å². The molecule has 31 heavy (non-hydrogen) atoms. The molecule has 1 amide bonds. The molecule has 1 saturated heterocycles. The maximum Gasteiger partial charge on any atom is 0.337 e. The smallest absolute Gasteiger partial charge is 0.337 e. The van der Waals surface area contributed by atoms with Gasteiger partial charge in [0.05, 0.1) is 25.5 Å². The van der Waals surface area contributed by atoms with Gasteiger partial charge in [0.2, 0.25) is 0 Å². The molecule has 0 bridgehead atoms. The minimum Gasteiger partial charge on any atom is -0.486 e. The molecule has 8 heteroatoms. The van der Waals surface area contributed by atoms with Crippen LogP contribution in [0, 0.1) is 0 Å². The Labute approximate surface area is 179 Å². The van der Waals surface area contributed by atoms with Gasteiger partial charge < -0.3 is 23.2 Å². The summed E-state index contributed by atoms with van der Waals surface area (Å²) in [5, 5.41) is 0. The second-order valence-corrected chi connectivity index (χ2v) is 7.22. The number of methoxy groups -OCH3 is 1. The van der Waals surface area contributed by atoms with E-state index < -0.39 is 5.97 Å². The molecule has 1 fully saturated rings. The summed E-state index contributed by atoms with van der Waals surface area (Å²) >= 11 is 0. The van der Waals surface area contributed by atoms with E-state index in [1.807, 2.05) is 12.1 Å². The van der Waals surface area contributed by atoms with Gasteiger partial charge in [-0.1, -0.05) is 0 Å². The fraction of sp³-hybridized carbons (Fsp3) is 0.304. The highest BCUT2D eigenvalue weighted by Gasteiger charge is 2.24. The Morgan fingerprint density at radius 2 is 1.74 bits per heavy atom. The number of esters is 1. The number of rotatable bonds is 7. The summed E-state index contributed by atoms with van der Waals surface area (Å²) in [4.78, 5) is 28.3. The van der Waals surface area contributed by atoms with Crippen molar-refractivity contribution in [3.63, 3.8) is 0 Å². The molecule has 3 heterocycles. The fourth-order valence-electron chi connectivity index (χ4n) is 3.42. The molecule has 1 aliphatic heterocycles. The van der Waals surface area contributed by atoms with Crippen LogP contribution in [0.25, 0.3) is 0 Å². The Hall–Kier alpha value is -3.52. The third-order valence-electron chi connectivity index (χ3n) is 5.15. The van der Waals surface area contributed by atoms with Crippen LogP contribution in [0.1, 0.15) is 32.4 Å². The van der Waals surface area contributed by atoms with Gasteiger partial charge in [-0.3, -0.25) is 9.69 Å². The van der Waals surface area contributed by atoms with Crippen molar-refractivity contribution >= 4 is 11.9 Å². The lowest BCUT2D eigenvalue weighted by molar-refractivity contribution is 0.0583. The van der Waals surface area contributed by atoms with Gasteiger partial charge in [-0.15, -0.1) is 0 Å². The first-order chi connectivity index (χ1) is 15.1. The summed E-state index contributed by atoms with van der Waals surface area (Å²) in [6.07, 6.45) is 1.67. The van der Waals surface area contributed by atoms with Crippen LogP contribution in [0.5, 0.6) is 5.75 Å². The first-order valence-electron chi connectivity index (χ1n) is 10.1. The van der Waals surface area contributed by atoms with Crippen LogP contribution in [0.4, 0.5) is 0 Å². The van der Waals surface area contributed by atoms with Crippen molar-refractivity contribution in [3.8, 4) is 5.75 Å². The Balaban J connectivity index is 1.26. The number of hydrogen-bond acceptors (Lipinski definition) is 7. The molecule has 162 valence electrons. The normalized spacial score (nSPS) is 14.4. The van der Waals surface area contributed by atoms with E-state index in [2.05, 4.69) is 9.64 Å². The van der Waals surface area contributed by atoms with Crippen molar-refractivity contribution in [1.82, 2.24) is 9.80 Å². The number of nitrogens with zero attached hydrogens (tertiary/aromatic N) is 2. The third-order valence-corrected chi connectivity index (χ3v) is 5.15. The zero-order chi connectivity index (χ0) is 21.6. The summed E-state index contributed by atoms with van der Waals surface area (Å²) < 4.78 is 21.4. The summed E-state index contributed by atoms with van der Waals surface area (Å²) in [5.74, 6) is 1.85. The Kier molecular flexibility index (Phi) is 6.37. The highest BCUT2D eigenvalue weighted by Crippen LogP contribution is 2.18. The molecule has 0 aliphatic carbocycles. The summed E-state index contributed by atoms with van der Waals surface area (Å²) in [5.41, 5.74) is 0.449. The summed E-state index contributed by atoms with van der Waals surface area (Å²) in [6, 6.07) is 13.9. The lowest BCUT2D eigenvalue weighted by Crippen LogP contribution is -2.48. The quantitative estimate of drug-likeness (QED) is 0.539. The van der Waals surface area contributed by atoms with Gasteiger partial charge in [-0.25, -0.2) is 4.79 Å². The van der Waals surface area contributed by atoms with Crippen molar-refractivity contribution in [1.29, 1.82) is 0 Å². The second kappa shape index (κ2) is 9.53. The highest BCUT2D eigenvalue weighted by atomic mass is 16.5. The second-order valence-electron chi connectivity index (χ2n) is 7.22. The van der Waals surface area contributed by atoms with E-state index in [-0.39, 0.29) is 12.5 Å². The Morgan fingerprint density at radius 1 is 0.968 bits per heavy atom. The van der Waals surface area contributed by atoms with Crippen LogP contribution >= 0.6 is 0 Å². The Bertz CT molecular complexity index is 1000. The number of benzene rings is 1. The van der Waals surface area contributed by atoms with Gasteiger partial charge in [0.1, 0.15) is 23.9 Å². The van der Waals surface area contributed by atoms with Crippen molar-refractivity contribution < 1.29 is 27.9 Å². The van der Waals surface area contributed by atoms with Gasteiger partial charge in [-0.2, -0.15) is 0 Å². The molecule has 0 saturated carbocycles. The molecule has 1 aliphatic rings. The molecule has 0 radical (unpaired) electrons. The van der Waals surface area contributed by atoms with Crippen LogP contribution < -0.4 is 4.74 Å². The molecular formula is C23H24N2O6. The van der Waals surface area contributed by atoms with Crippen LogP contribution in [0.15, 0.2) is 63.6 Å². The number of carbonyl (C=O) groups excluding carboxylic acids is 2. The largest absolute Gasteiger partial charge is 0.486 e. The van der Waals surface area contributed by atoms with Gasteiger partial charge >= 0.3 is 5.97 Å². The van der Waals surface area contributed by atoms with Gasteiger partial charge in [0.15, 0.2) is 5.76 Å². The maximum absolute atomic E-state index is 12.8. The third kappa shape index (κ3) is 5.16. The van der Waals surface area contributed by atoms with E-state index in [1.165, 1.54) is 7.11 Å². The first-order valence-corrected chi connectivity index (χ1v) is 10.1. The molecule has 3 aromatic rings. The number of carbonyl (C=O) groups is 2. The predicted molar refractivity (Wildman–Crippen MR) is 111 cm³/mol. The van der Waals surface area contributed by atoms with E-state index in [9.17, 15) is 9.59 Å². The van der Waals surface area contributed by atoms with E-state index in [4.69, 9.17) is 13.6 Å². The monoisotopic (exact) mass is 424 g/mol. The molecule has 2 aromatic heterocycles. The molecule has 0 unspecified atom stereocenters. The summed E-state index contributed by atoms with van der Waals surface area (Å²) in [6.45, 7) is 3.77. The number of furan rings is 2. The van der Waals surface area contributed by atoms with Crippen LogP contribution in [-0.4, -0.2) is 55.0 Å². The van der Waals surface area contributed by atoms with E-state index >= 15 is 0 Å². The molecular weight excluding hydrogens is 400 g/mol. The SMILES string of the molecule is COC(=O)c1ccc(OCc2ccc(C(=O)N3CCN(Cc4ccco4)CC3)o2)cc1. The average molecular weight is 424 g/mol. The minimum absolute atomic E-state index is 0.119. The van der Waals surface area contributed by atoms with Gasteiger partial charge in [0.25, 0.3) is 5.91 Å². The molecule has 0 atom stereocenters. The molecule has 4 rings (SSSR count). The minimum atomic E-state index is -0.400. The van der Waals surface area contributed by atoms with Gasteiger partial charge in [0, 0.05) is 26.2 Å². The maximum atomic E-state index is 12.8. The van der Waals surface area contributed by atoms with Crippen molar-refractivity contribution in [3.05, 3.63) is 77.6 Å². The molecule has 8 nitrogen and oxygen atoms in total. The number of ether oxygens (including phenoxy) is 2. The highest BCUT2D eigenvalue weighted by molar-refractivity contribution is 5.91. The fourth-order valence-corrected chi connectivity index (χ4v) is 3.42.